The third-order valence-corrected chi connectivity index (χ3v) is 5.27. The minimum Gasteiger partial charge on any atom is -0.504 e. The Kier molecular flexibility index (Phi) is 4.13. The molecule has 2 N–H and O–H groups in total. The molecule has 1 aromatic heterocycles. The Hall–Kier alpha value is -3.94. The van der Waals surface area contributed by atoms with E-state index in [0.29, 0.717) is 28.2 Å². The summed E-state index contributed by atoms with van der Waals surface area (Å²) in [5.41, 5.74) is 4.27. The van der Waals surface area contributed by atoms with E-state index in [-0.39, 0.29) is 29.8 Å². The Morgan fingerprint density at radius 3 is 2.70 bits per heavy atom. The highest BCUT2D eigenvalue weighted by Gasteiger charge is 2.30. The van der Waals surface area contributed by atoms with Crippen LogP contribution in [0.3, 0.4) is 0 Å². The van der Waals surface area contributed by atoms with Crippen molar-refractivity contribution in [2.45, 2.75) is 12.3 Å². The molecule has 0 saturated heterocycles. The number of methoxy groups -OCH3 is 1. The van der Waals surface area contributed by atoms with Gasteiger partial charge in [0.2, 0.25) is 5.91 Å². The maximum Gasteiger partial charge on any atom is 0.225 e. The van der Waals surface area contributed by atoms with E-state index >= 15 is 0 Å². The lowest BCUT2D eigenvalue weighted by molar-refractivity contribution is -0.116. The topological polar surface area (TPSA) is 89.3 Å². The van der Waals surface area contributed by atoms with E-state index in [0.717, 1.165) is 11.1 Å². The van der Waals surface area contributed by atoms with Gasteiger partial charge in [-0.05, 0) is 54.1 Å². The van der Waals surface area contributed by atoms with Gasteiger partial charge >= 0.3 is 0 Å². The van der Waals surface area contributed by atoms with Crippen molar-refractivity contribution in [2.75, 3.05) is 12.4 Å². The van der Waals surface area contributed by atoms with E-state index in [1.807, 2.05) is 6.07 Å². The van der Waals surface area contributed by atoms with Crippen LogP contribution in [0.5, 0.6) is 11.5 Å². The Labute approximate surface area is 170 Å². The number of aromatic nitrogens is 3. The number of carbonyl (C=O) groups excluding carboxylic acids is 1. The molecule has 1 aliphatic heterocycles. The van der Waals surface area contributed by atoms with Gasteiger partial charge in [-0.15, -0.1) is 10.2 Å². The summed E-state index contributed by atoms with van der Waals surface area (Å²) in [6.07, 6.45) is 0.226. The molecular formula is C22H17FN4O3. The Morgan fingerprint density at radius 1 is 1.13 bits per heavy atom. The maximum absolute atomic E-state index is 13.3. The molecule has 5 rings (SSSR count). The van der Waals surface area contributed by atoms with Gasteiger partial charge in [0.25, 0.3) is 0 Å². The second-order valence-corrected chi connectivity index (χ2v) is 7.10. The lowest BCUT2D eigenvalue weighted by Crippen LogP contribution is -2.23. The molecule has 0 aliphatic carbocycles. The number of carbonyl (C=O) groups is 1. The lowest BCUT2D eigenvalue weighted by Gasteiger charge is -2.26. The van der Waals surface area contributed by atoms with E-state index < -0.39 is 0 Å². The number of halogens is 1. The number of hydrogen-bond donors (Lipinski definition) is 2. The predicted molar refractivity (Wildman–Crippen MR) is 109 cm³/mol. The van der Waals surface area contributed by atoms with Crippen LogP contribution in [0, 0.1) is 5.82 Å². The summed E-state index contributed by atoms with van der Waals surface area (Å²) in [4.78, 5) is 13.8. The fourth-order valence-electron chi connectivity index (χ4n) is 3.84. The number of ether oxygens (including phenoxy) is 1. The van der Waals surface area contributed by atoms with Gasteiger partial charge in [0, 0.05) is 23.6 Å². The number of hydrogen-bond acceptors (Lipinski definition) is 5. The number of rotatable bonds is 3. The van der Waals surface area contributed by atoms with Crippen LogP contribution in [0.25, 0.3) is 16.7 Å². The molecule has 0 unspecified atom stereocenters. The molecule has 2 heterocycles. The van der Waals surface area contributed by atoms with E-state index in [4.69, 9.17) is 4.74 Å². The Balaban J connectivity index is 1.69. The summed E-state index contributed by atoms with van der Waals surface area (Å²) < 4.78 is 18.5. The van der Waals surface area contributed by atoms with Crippen LogP contribution in [0.2, 0.25) is 0 Å². The summed E-state index contributed by atoms with van der Waals surface area (Å²) in [6, 6.07) is 14.6. The highest BCUT2D eigenvalue weighted by molar-refractivity contribution is 5.99. The minimum atomic E-state index is -0.336. The Bertz CT molecular complexity index is 1280. The van der Waals surface area contributed by atoms with Gasteiger partial charge in [0.1, 0.15) is 16.9 Å². The molecule has 150 valence electrons. The van der Waals surface area contributed by atoms with Gasteiger partial charge in [-0.2, -0.15) is 4.80 Å². The number of phenols is 1. The fraction of sp³-hybridized carbons (Fsp3) is 0.136. The van der Waals surface area contributed by atoms with Crippen molar-refractivity contribution in [1.29, 1.82) is 0 Å². The van der Waals surface area contributed by atoms with Crippen LogP contribution in [0.15, 0.2) is 54.6 Å². The second kappa shape index (κ2) is 6.84. The number of nitrogens with zero attached hydrogens (tertiary/aromatic N) is 3. The molecule has 0 fully saturated rings. The molecule has 4 aromatic rings. The largest absolute Gasteiger partial charge is 0.504 e. The van der Waals surface area contributed by atoms with E-state index in [9.17, 15) is 14.3 Å². The lowest BCUT2D eigenvalue weighted by atomic mass is 9.84. The molecule has 8 heteroatoms. The first-order valence-corrected chi connectivity index (χ1v) is 9.36. The quantitative estimate of drug-likeness (QED) is 0.543. The van der Waals surface area contributed by atoms with Crippen LogP contribution in [-0.2, 0) is 4.79 Å². The number of phenolic OH excluding ortho intramolecular Hbond substituents is 1. The van der Waals surface area contributed by atoms with Crippen LogP contribution in [0.1, 0.15) is 23.5 Å². The first-order chi connectivity index (χ1) is 14.5. The third-order valence-electron chi connectivity index (χ3n) is 5.27. The van der Waals surface area contributed by atoms with Crippen LogP contribution in [-0.4, -0.2) is 33.1 Å². The number of aromatic hydroxyl groups is 1. The zero-order chi connectivity index (χ0) is 20.8. The first kappa shape index (κ1) is 18.1. The number of nitrogens with one attached hydrogen (secondary N) is 1. The summed E-state index contributed by atoms with van der Waals surface area (Å²) in [5, 5.41) is 22.0. The first-order valence-electron chi connectivity index (χ1n) is 9.36. The minimum absolute atomic E-state index is 0.0298. The molecule has 0 saturated carbocycles. The monoisotopic (exact) mass is 404 g/mol. The average molecular weight is 404 g/mol. The Morgan fingerprint density at radius 2 is 1.93 bits per heavy atom. The number of fused-ring (bicyclic) bond motifs is 3. The molecule has 7 nitrogen and oxygen atoms in total. The van der Waals surface area contributed by atoms with Gasteiger partial charge in [-0.25, -0.2) is 4.39 Å². The van der Waals surface area contributed by atoms with Gasteiger partial charge in [0.15, 0.2) is 11.5 Å². The fourth-order valence-corrected chi connectivity index (χ4v) is 3.84. The van der Waals surface area contributed by atoms with E-state index in [1.54, 1.807) is 36.4 Å². The zero-order valence-electron chi connectivity index (χ0n) is 16.0. The molecule has 0 spiro atoms. The molecule has 1 aliphatic rings. The van der Waals surface area contributed by atoms with Crippen molar-refractivity contribution >= 4 is 22.6 Å². The molecule has 0 bridgehead atoms. The van der Waals surface area contributed by atoms with Gasteiger partial charge in [0.05, 0.1) is 12.8 Å². The SMILES string of the molecule is COc1cc([C@@H]2CC(=O)Nc3ccc4nn(-c5ccc(F)cc5)nc4c32)ccc1O. The molecule has 1 atom stereocenters. The van der Waals surface area contributed by atoms with Crippen molar-refractivity contribution in [2.24, 2.45) is 0 Å². The van der Waals surface area contributed by atoms with Gasteiger partial charge in [-0.3, -0.25) is 4.79 Å². The molecule has 30 heavy (non-hydrogen) atoms. The highest BCUT2D eigenvalue weighted by atomic mass is 19.1. The number of amides is 1. The molecular weight excluding hydrogens is 387 g/mol. The van der Waals surface area contributed by atoms with Crippen molar-refractivity contribution in [1.82, 2.24) is 15.0 Å². The van der Waals surface area contributed by atoms with Crippen molar-refractivity contribution in [3.8, 4) is 17.2 Å². The zero-order valence-corrected chi connectivity index (χ0v) is 16.0. The van der Waals surface area contributed by atoms with Crippen LogP contribution in [0.4, 0.5) is 10.1 Å². The second-order valence-electron chi connectivity index (χ2n) is 7.10. The molecule has 1 amide bonds. The average Bonchev–Trinajstić information content (AvgIpc) is 3.18. The molecule has 0 radical (unpaired) electrons. The van der Waals surface area contributed by atoms with Gasteiger partial charge < -0.3 is 15.2 Å². The van der Waals surface area contributed by atoms with Crippen molar-refractivity contribution in [3.63, 3.8) is 0 Å². The summed E-state index contributed by atoms with van der Waals surface area (Å²) in [6.45, 7) is 0. The summed E-state index contributed by atoms with van der Waals surface area (Å²) >= 11 is 0. The van der Waals surface area contributed by atoms with Gasteiger partial charge in [-0.1, -0.05) is 6.07 Å². The highest BCUT2D eigenvalue weighted by Crippen LogP contribution is 2.42. The molecule has 3 aromatic carbocycles. The standard InChI is InChI=1S/C22H17FN4O3/c1-30-19-10-12(2-9-18(19)28)15-11-20(29)24-16-7-8-17-22(21(15)16)26-27(25-17)14-5-3-13(23)4-6-14/h2-10,15,28H,11H2,1H3,(H,24,29)/t15-/m0/s1. The predicted octanol–water partition coefficient (Wildman–Crippen LogP) is 3.75. The summed E-state index contributed by atoms with van der Waals surface area (Å²) in [7, 11) is 1.48. The van der Waals surface area contributed by atoms with Crippen molar-refractivity contribution < 1.29 is 19.0 Å². The number of benzene rings is 3. The van der Waals surface area contributed by atoms with Crippen LogP contribution >= 0.6 is 0 Å². The summed E-state index contributed by atoms with van der Waals surface area (Å²) in [5.74, 6) is -0.364. The van der Waals surface area contributed by atoms with Crippen LogP contribution < -0.4 is 10.1 Å². The smallest absolute Gasteiger partial charge is 0.225 e. The third kappa shape index (κ3) is 2.93. The normalized spacial score (nSPS) is 15.7. The van der Waals surface area contributed by atoms with E-state index in [2.05, 4.69) is 15.5 Å². The van der Waals surface area contributed by atoms with E-state index in [1.165, 1.54) is 24.0 Å². The van der Waals surface area contributed by atoms with Crippen molar-refractivity contribution in [3.05, 3.63) is 71.5 Å². The maximum atomic E-state index is 13.3. The number of anilines is 1.